The Labute approximate surface area is 105 Å². The summed E-state index contributed by atoms with van der Waals surface area (Å²) in [5, 5.41) is 2.87. The van der Waals surface area contributed by atoms with Gasteiger partial charge in [0.05, 0.1) is 0 Å². The van der Waals surface area contributed by atoms with E-state index >= 15 is 0 Å². The Morgan fingerprint density at radius 2 is 2.47 bits per heavy atom. The maximum absolute atomic E-state index is 11.0. The molecule has 2 atom stereocenters. The molecule has 2 unspecified atom stereocenters. The molecule has 0 spiro atoms. The van der Waals surface area contributed by atoms with Gasteiger partial charge in [-0.25, -0.2) is 0 Å². The van der Waals surface area contributed by atoms with Crippen molar-refractivity contribution >= 4 is 28.5 Å². The normalized spacial score (nSPS) is 26.4. The van der Waals surface area contributed by atoms with Crippen LogP contribution in [0.5, 0.6) is 0 Å². The molecule has 0 saturated heterocycles. The van der Waals surface area contributed by atoms with Crippen LogP contribution in [0.25, 0.3) is 0 Å². The minimum Gasteiger partial charge on any atom is -0.352 e. The van der Waals surface area contributed by atoms with Gasteiger partial charge in [-0.2, -0.15) is 0 Å². The lowest BCUT2D eigenvalue weighted by Gasteiger charge is -2.14. The van der Waals surface area contributed by atoms with Crippen LogP contribution in [0.2, 0.25) is 0 Å². The van der Waals surface area contributed by atoms with Gasteiger partial charge in [0.1, 0.15) is 0 Å². The van der Waals surface area contributed by atoms with Crippen molar-refractivity contribution in [3.05, 3.63) is 22.3 Å². The zero-order valence-corrected chi connectivity index (χ0v) is 11.3. The van der Waals surface area contributed by atoms with Crippen molar-refractivity contribution in [3.8, 4) is 0 Å². The Hall–Kier alpha value is -0.320. The maximum atomic E-state index is 11.0. The first kappa shape index (κ1) is 12.7. The standard InChI is InChI=1S/C12H18INO/c1-3-12(15)14-8-10-5-4-9(2)11(13)7-6-10/h3,7,9-10H,1,4-6,8H2,2H3,(H,14,15). The molecular formula is C12H18INO. The van der Waals surface area contributed by atoms with Gasteiger partial charge in [0.15, 0.2) is 0 Å². The number of carbonyl (C=O) groups is 1. The summed E-state index contributed by atoms with van der Waals surface area (Å²) in [5.74, 6) is 1.21. The zero-order valence-electron chi connectivity index (χ0n) is 9.13. The van der Waals surface area contributed by atoms with E-state index in [9.17, 15) is 4.79 Å². The van der Waals surface area contributed by atoms with Crippen molar-refractivity contribution in [1.82, 2.24) is 5.32 Å². The molecular weight excluding hydrogens is 301 g/mol. The average molecular weight is 319 g/mol. The van der Waals surface area contributed by atoms with Crippen molar-refractivity contribution in [2.75, 3.05) is 6.54 Å². The summed E-state index contributed by atoms with van der Waals surface area (Å²) in [6, 6.07) is 0. The molecule has 0 aromatic heterocycles. The smallest absolute Gasteiger partial charge is 0.243 e. The van der Waals surface area contributed by atoms with Crippen LogP contribution in [0.1, 0.15) is 26.2 Å². The van der Waals surface area contributed by atoms with Gasteiger partial charge in [-0.05, 0) is 63.3 Å². The molecule has 0 fully saturated rings. The van der Waals surface area contributed by atoms with E-state index in [2.05, 4.69) is 47.5 Å². The fourth-order valence-electron chi connectivity index (χ4n) is 1.72. The maximum Gasteiger partial charge on any atom is 0.243 e. The van der Waals surface area contributed by atoms with E-state index in [4.69, 9.17) is 0 Å². The van der Waals surface area contributed by atoms with Crippen LogP contribution in [0.4, 0.5) is 0 Å². The number of hydrogen-bond acceptors (Lipinski definition) is 1. The predicted molar refractivity (Wildman–Crippen MR) is 71.8 cm³/mol. The molecule has 15 heavy (non-hydrogen) atoms. The molecule has 3 heteroatoms. The lowest BCUT2D eigenvalue weighted by Crippen LogP contribution is -2.27. The number of nitrogens with one attached hydrogen (secondary N) is 1. The van der Waals surface area contributed by atoms with Crippen LogP contribution in [0, 0.1) is 11.8 Å². The van der Waals surface area contributed by atoms with Crippen LogP contribution < -0.4 is 5.32 Å². The van der Waals surface area contributed by atoms with E-state index < -0.39 is 0 Å². The number of allylic oxidation sites excluding steroid dienone is 2. The van der Waals surface area contributed by atoms with Crippen LogP contribution in [-0.4, -0.2) is 12.5 Å². The third-order valence-corrected chi connectivity index (χ3v) is 4.38. The quantitative estimate of drug-likeness (QED) is 0.629. The second-order valence-corrected chi connectivity index (χ2v) is 5.36. The highest BCUT2D eigenvalue weighted by molar-refractivity contribution is 14.1. The summed E-state index contributed by atoms with van der Waals surface area (Å²) in [7, 11) is 0. The lowest BCUT2D eigenvalue weighted by molar-refractivity contribution is -0.116. The van der Waals surface area contributed by atoms with E-state index in [1.807, 2.05) is 0 Å². The minimum absolute atomic E-state index is 0.0639. The summed E-state index contributed by atoms with van der Waals surface area (Å²) < 4.78 is 1.46. The van der Waals surface area contributed by atoms with Crippen LogP contribution in [0.3, 0.4) is 0 Å². The lowest BCUT2D eigenvalue weighted by atomic mass is 9.98. The molecule has 1 aliphatic carbocycles. The van der Waals surface area contributed by atoms with Gasteiger partial charge in [-0.1, -0.05) is 19.6 Å². The van der Waals surface area contributed by atoms with Gasteiger partial charge in [0.25, 0.3) is 0 Å². The van der Waals surface area contributed by atoms with E-state index in [1.54, 1.807) is 0 Å². The highest BCUT2D eigenvalue weighted by atomic mass is 127. The number of carbonyl (C=O) groups excluding carboxylic acids is 1. The van der Waals surface area contributed by atoms with Gasteiger partial charge in [0.2, 0.25) is 5.91 Å². The van der Waals surface area contributed by atoms with Crippen molar-refractivity contribution in [3.63, 3.8) is 0 Å². The van der Waals surface area contributed by atoms with Gasteiger partial charge >= 0.3 is 0 Å². The van der Waals surface area contributed by atoms with Gasteiger partial charge in [0, 0.05) is 6.54 Å². The summed E-state index contributed by atoms with van der Waals surface area (Å²) >= 11 is 2.42. The Kier molecular flexibility index (Phi) is 5.36. The number of halogens is 1. The van der Waals surface area contributed by atoms with Gasteiger partial charge in [-0.15, -0.1) is 0 Å². The largest absolute Gasteiger partial charge is 0.352 e. The highest BCUT2D eigenvalue weighted by Gasteiger charge is 2.16. The minimum atomic E-state index is -0.0639. The molecule has 1 rings (SSSR count). The van der Waals surface area contributed by atoms with Gasteiger partial charge < -0.3 is 5.32 Å². The molecule has 0 aromatic carbocycles. The number of amides is 1. The summed E-state index contributed by atoms with van der Waals surface area (Å²) in [4.78, 5) is 11.0. The second kappa shape index (κ2) is 6.30. The molecule has 84 valence electrons. The third-order valence-electron chi connectivity index (χ3n) is 2.88. The van der Waals surface area contributed by atoms with E-state index in [-0.39, 0.29) is 5.91 Å². The first-order valence-electron chi connectivity index (χ1n) is 5.39. The molecule has 0 saturated carbocycles. The summed E-state index contributed by atoms with van der Waals surface area (Å²) in [5.41, 5.74) is 0. The Morgan fingerprint density at radius 1 is 1.73 bits per heavy atom. The average Bonchev–Trinajstić information content (AvgIpc) is 2.40. The molecule has 1 amide bonds. The number of hydrogen-bond donors (Lipinski definition) is 1. The molecule has 1 N–H and O–H groups in total. The van der Waals surface area contributed by atoms with E-state index in [1.165, 1.54) is 22.5 Å². The first-order valence-corrected chi connectivity index (χ1v) is 6.47. The molecule has 0 radical (unpaired) electrons. The second-order valence-electron chi connectivity index (χ2n) is 4.12. The molecule has 0 aromatic rings. The fourth-order valence-corrected chi connectivity index (χ4v) is 2.29. The molecule has 0 bridgehead atoms. The van der Waals surface area contributed by atoms with E-state index in [0.29, 0.717) is 11.8 Å². The first-order chi connectivity index (χ1) is 7.13. The molecule has 0 aliphatic heterocycles. The summed E-state index contributed by atoms with van der Waals surface area (Å²) in [6.07, 6.45) is 7.15. The zero-order chi connectivity index (χ0) is 11.3. The van der Waals surface area contributed by atoms with Crippen LogP contribution in [-0.2, 0) is 4.79 Å². The third kappa shape index (κ3) is 4.36. The number of rotatable bonds is 3. The van der Waals surface area contributed by atoms with Gasteiger partial charge in [-0.3, -0.25) is 4.79 Å². The predicted octanol–water partition coefficient (Wildman–Crippen LogP) is 3.04. The van der Waals surface area contributed by atoms with Crippen molar-refractivity contribution in [2.45, 2.75) is 26.2 Å². The fraction of sp³-hybridized carbons (Fsp3) is 0.583. The monoisotopic (exact) mass is 319 g/mol. The summed E-state index contributed by atoms with van der Waals surface area (Å²) in [6.45, 7) is 6.48. The van der Waals surface area contributed by atoms with E-state index in [0.717, 1.165) is 13.0 Å². The Balaban J connectivity index is 2.38. The Bertz CT molecular complexity index is 273. The SMILES string of the molecule is C=CC(=O)NCC1CC=C(I)C(C)CC1. The molecule has 0 heterocycles. The highest BCUT2D eigenvalue weighted by Crippen LogP contribution is 2.30. The van der Waals surface area contributed by atoms with Crippen molar-refractivity contribution in [1.29, 1.82) is 0 Å². The Morgan fingerprint density at radius 3 is 3.13 bits per heavy atom. The topological polar surface area (TPSA) is 29.1 Å². The molecule has 2 nitrogen and oxygen atoms in total. The van der Waals surface area contributed by atoms with Crippen molar-refractivity contribution in [2.24, 2.45) is 11.8 Å². The van der Waals surface area contributed by atoms with Crippen molar-refractivity contribution < 1.29 is 4.79 Å². The molecule has 1 aliphatic rings. The van der Waals surface area contributed by atoms with Crippen LogP contribution in [0.15, 0.2) is 22.3 Å². The van der Waals surface area contributed by atoms with Crippen LogP contribution >= 0.6 is 22.6 Å².